The lowest BCUT2D eigenvalue weighted by molar-refractivity contribution is 0.669. The average Bonchev–Trinajstić information content (AvgIpc) is 4.00. The van der Waals surface area contributed by atoms with Crippen LogP contribution in [-0.4, -0.2) is 0 Å². The predicted molar refractivity (Wildman–Crippen MR) is 288 cm³/mol. The highest BCUT2D eigenvalue weighted by Gasteiger charge is 2.18. The Hall–Kier alpha value is -9.18. The van der Waals surface area contributed by atoms with E-state index in [0.717, 1.165) is 99.9 Å². The summed E-state index contributed by atoms with van der Waals surface area (Å²) in [6.45, 7) is 0. The summed E-state index contributed by atoms with van der Waals surface area (Å²) < 4.78 is 12.8. The first-order valence-corrected chi connectivity index (χ1v) is 23.5. The molecule has 13 aromatic rings. The highest BCUT2D eigenvalue weighted by atomic mass is 16.3. The van der Waals surface area contributed by atoms with Gasteiger partial charge < -0.3 is 13.7 Å². The van der Waals surface area contributed by atoms with Gasteiger partial charge in [-0.05, 0) is 128 Å². The molecular weight excluding hydrogens is 839 g/mol. The first-order chi connectivity index (χ1) is 34.2. The molecule has 69 heavy (non-hydrogen) atoms. The van der Waals surface area contributed by atoms with E-state index in [9.17, 15) is 0 Å². The Morgan fingerprint density at radius 2 is 0.638 bits per heavy atom. The molecule has 0 aliphatic rings. The van der Waals surface area contributed by atoms with Gasteiger partial charge in [-0.25, -0.2) is 0 Å². The fourth-order valence-corrected chi connectivity index (χ4v) is 10.1. The maximum atomic E-state index is 6.52. The zero-order chi connectivity index (χ0) is 45.7. The van der Waals surface area contributed by atoms with Gasteiger partial charge in [-0.15, -0.1) is 0 Å². The van der Waals surface area contributed by atoms with Gasteiger partial charge in [0.25, 0.3) is 0 Å². The minimum Gasteiger partial charge on any atom is -0.456 e. The van der Waals surface area contributed by atoms with E-state index >= 15 is 0 Å². The van der Waals surface area contributed by atoms with Crippen LogP contribution >= 0.6 is 0 Å². The fourth-order valence-electron chi connectivity index (χ4n) is 10.1. The highest BCUT2D eigenvalue weighted by Crippen LogP contribution is 2.43. The maximum Gasteiger partial charge on any atom is 0.143 e. The average molecular weight is 882 g/mol. The summed E-state index contributed by atoms with van der Waals surface area (Å²) in [7, 11) is 0. The van der Waals surface area contributed by atoms with Crippen LogP contribution in [-0.2, 0) is 0 Å². The number of fused-ring (bicyclic) bond motifs is 6. The Labute approximate surface area is 400 Å². The fraction of sp³-hybridized carbons (Fsp3) is 0. The summed E-state index contributed by atoms with van der Waals surface area (Å²) in [6.07, 6.45) is 0. The molecule has 0 atom stereocenters. The van der Waals surface area contributed by atoms with Crippen LogP contribution < -0.4 is 4.90 Å². The normalized spacial score (nSPS) is 11.5. The molecule has 11 aromatic carbocycles. The number of anilines is 3. The Balaban J connectivity index is 0.872. The van der Waals surface area contributed by atoms with Crippen molar-refractivity contribution in [3.63, 3.8) is 0 Å². The van der Waals surface area contributed by atoms with Crippen LogP contribution in [0.3, 0.4) is 0 Å². The van der Waals surface area contributed by atoms with Crippen molar-refractivity contribution in [3.05, 3.63) is 261 Å². The first-order valence-electron chi connectivity index (χ1n) is 23.5. The molecule has 2 heterocycles. The molecule has 0 fully saturated rings. The molecule has 2 aromatic heterocycles. The topological polar surface area (TPSA) is 29.5 Å². The van der Waals surface area contributed by atoms with Gasteiger partial charge in [-0.2, -0.15) is 0 Å². The Morgan fingerprint density at radius 3 is 1.26 bits per heavy atom. The van der Waals surface area contributed by atoms with Gasteiger partial charge in [-0.1, -0.05) is 194 Å². The number of para-hydroxylation sites is 2. The Bertz CT molecular complexity index is 3980. The van der Waals surface area contributed by atoms with Gasteiger partial charge in [-0.3, -0.25) is 0 Å². The largest absolute Gasteiger partial charge is 0.456 e. The van der Waals surface area contributed by atoms with Crippen LogP contribution in [0.4, 0.5) is 17.1 Å². The van der Waals surface area contributed by atoms with Crippen LogP contribution in [0.25, 0.3) is 111 Å². The van der Waals surface area contributed by atoms with Crippen LogP contribution in [0.2, 0.25) is 0 Å². The number of hydrogen-bond acceptors (Lipinski definition) is 3. The first kappa shape index (κ1) is 40.1. The summed E-state index contributed by atoms with van der Waals surface area (Å²) in [4.78, 5) is 2.34. The molecule has 0 aliphatic heterocycles. The van der Waals surface area contributed by atoms with E-state index in [0.29, 0.717) is 0 Å². The van der Waals surface area contributed by atoms with E-state index in [2.05, 4.69) is 248 Å². The predicted octanol–water partition coefficient (Wildman–Crippen LogP) is 19.0. The lowest BCUT2D eigenvalue weighted by Gasteiger charge is -2.26. The molecular formula is C66H43NO2. The third kappa shape index (κ3) is 7.25. The van der Waals surface area contributed by atoms with E-state index < -0.39 is 0 Å². The molecule has 3 heteroatoms. The minimum absolute atomic E-state index is 0.882. The monoisotopic (exact) mass is 881 g/mol. The molecule has 0 bridgehead atoms. The summed E-state index contributed by atoms with van der Waals surface area (Å²) >= 11 is 0. The van der Waals surface area contributed by atoms with Gasteiger partial charge in [0.1, 0.15) is 22.3 Å². The van der Waals surface area contributed by atoms with Crippen LogP contribution in [0.5, 0.6) is 0 Å². The van der Waals surface area contributed by atoms with E-state index in [4.69, 9.17) is 8.83 Å². The highest BCUT2D eigenvalue weighted by molar-refractivity contribution is 6.11. The number of furan rings is 2. The van der Waals surface area contributed by atoms with Crippen LogP contribution in [0.15, 0.2) is 270 Å². The molecule has 324 valence electrons. The standard InChI is InChI=1S/C66H43NO2/c1-3-14-46(15-4-1)54-18-7-9-20-57(54)58-21-10-8-19-55(58)48-30-38-53(39-31-48)67(52-36-28-45(29-37-52)50-32-40-60-59-22-11-12-25-63(59)68-65(60)43-50)51-34-26-44(27-35-51)49-33-41-64-62(42-49)61-24-13-23-56(66(61)69-64)47-16-5-2-6-17-47/h1-43H. The smallest absolute Gasteiger partial charge is 0.143 e. The van der Waals surface area contributed by atoms with Crippen molar-refractivity contribution in [1.82, 2.24) is 0 Å². The third-order valence-corrected chi connectivity index (χ3v) is 13.5. The van der Waals surface area contributed by atoms with E-state index in [-0.39, 0.29) is 0 Å². The quantitative estimate of drug-likeness (QED) is 0.145. The van der Waals surface area contributed by atoms with Crippen molar-refractivity contribution < 1.29 is 8.83 Å². The van der Waals surface area contributed by atoms with Crippen molar-refractivity contribution in [2.24, 2.45) is 0 Å². The molecule has 0 N–H and O–H groups in total. The van der Waals surface area contributed by atoms with Gasteiger partial charge in [0.2, 0.25) is 0 Å². The molecule has 0 unspecified atom stereocenters. The summed E-state index contributed by atoms with van der Waals surface area (Å²) in [6, 6.07) is 93.0. The van der Waals surface area contributed by atoms with Crippen LogP contribution in [0.1, 0.15) is 0 Å². The van der Waals surface area contributed by atoms with Gasteiger partial charge in [0.05, 0.1) is 0 Å². The SMILES string of the molecule is c1ccc(-c2ccccc2-c2ccccc2-c2ccc(N(c3ccc(-c4ccc5c(c4)oc4ccccc45)cc3)c3ccc(-c4ccc5oc6c(-c7ccccc7)cccc6c5c4)cc3)cc2)cc1. The maximum absolute atomic E-state index is 6.52. The van der Waals surface area contributed by atoms with E-state index in [1.807, 2.05) is 18.2 Å². The molecule has 3 nitrogen and oxygen atoms in total. The molecule has 13 rings (SSSR count). The molecule has 0 saturated carbocycles. The second-order valence-corrected chi connectivity index (χ2v) is 17.6. The van der Waals surface area contributed by atoms with Crippen molar-refractivity contribution >= 4 is 60.9 Å². The van der Waals surface area contributed by atoms with Gasteiger partial charge >= 0.3 is 0 Å². The molecule has 0 saturated heterocycles. The summed E-state index contributed by atoms with van der Waals surface area (Å²) in [5, 5.41) is 4.48. The van der Waals surface area contributed by atoms with Crippen molar-refractivity contribution in [1.29, 1.82) is 0 Å². The molecule has 0 amide bonds. The Morgan fingerprint density at radius 1 is 0.217 bits per heavy atom. The summed E-state index contributed by atoms with van der Waals surface area (Å²) in [5.41, 5.74) is 20.7. The van der Waals surface area contributed by atoms with E-state index in [1.165, 1.54) is 27.8 Å². The zero-order valence-electron chi connectivity index (χ0n) is 37.6. The van der Waals surface area contributed by atoms with Crippen molar-refractivity contribution in [2.45, 2.75) is 0 Å². The number of hydrogen-bond donors (Lipinski definition) is 0. The number of benzene rings is 11. The second-order valence-electron chi connectivity index (χ2n) is 17.6. The lowest BCUT2D eigenvalue weighted by Crippen LogP contribution is -2.09. The summed E-state index contributed by atoms with van der Waals surface area (Å²) in [5.74, 6) is 0. The number of nitrogens with zero attached hydrogens (tertiary/aromatic N) is 1. The third-order valence-electron chi connectivity index (χ3n) is 13.5. The van der Waals surface area contributed by atoms with Crippen molar-refractivity contribution in [2.75, 3.05) is 4.90 Å². The van der Waals surface area contributed by atoms with Gasteiger partial charge in [0.15, 0.2) is 0 Å². The van der Waals surface area contributed by atoms with Crippen LogP contribution in [0, 0.1) is 0 Å². The van der Waals surface area contributed by atoms with E-state index in [1.54, 1.807) is 0 Å². The van der Waals surface area contributed by atoms with Crippen molar-refractivity contribution in [3.8, 4) is 66.8 Å². The Kier molecular flexibility index (Phi) is 9.84. The molecule has 0 spiro atoms. The molecule has 0 aliphatic carbocycles. The van der Waals surface area contributed by atoms with Gasteiger partial charge in [0, 0.05) is 44.2 Å². The molecule has 0 radical (unpaired) electrons. The number of rotatable bonds is 9. The minimum atomic E-state index is 0.882. The lowest BCUT2D eigenvalue weighted by atomic mass is 9.89. The zero-order valence-corrected chi connectivity index (χ0v) is 37.6. The second kappa shape index (κ2) is 16.9.